The highest BCUT2D eigenvalue weighted by Crippen LogP contribution is 2.21. The zero-order valence-corrected chi connectivity index (χ0v) is 9.11. The van der Waals surface area contributed by atoms with Gasteiger partial charge in [0.2, 0.25) is 0 Å². The van der Waals surface area contributed by atoms with Gasteiger partial charge in [-0.2, -0.15) is 5.26 Å². The highest BCUT2D eigenvalue weighted by atomic mass is 19.1. The summed E-state index contributed by atoms with van der Waals surface area (Å²) in [6, 6.07) is 6.67. The van der Waals surface area contributed by atoms with Gasteiger partial charge in [0.15, 0.2) is 5.69 Å². The molecule has 84 valence electrons. The third-order valence-corrected chi connectivity index (χ3v) is 2.24. The van der Waals surface area contributed by atoms with E-state index in [9.17, 15) is 4.39 Å². The predicted octanol–water partition coefficient (Wildman–Crippen LogP) is 2.54. The Kier molecular flexibility index (Phi) is 2.97. The van der Waals surface area contributed by atoms with Crippen LogP contribution in [0.3, 0.4) is 0 Å². The first-order valence-electron chi connectivity index (χ1n) is 4.95. The Hall–Kier alpha value is -2.48. The Morgan fingerprint density at radius 3 is 2.71 bits per heavy atom. The normalized spacial score (nSPS) is 9.71. The summed E-state index contributed by atoms with van der Waals surface area (Å²) in [6.07, 6.45) is 2.73. The largest absolute Gasteiger partial charge is 0.336 e. The van der Waals surface area contributed by atoms with Crippen LogP contribution in [-0.2, 0) is 0 Å². The van der Waals surface area contributed by atoms with Gasteiger partial charge in [-0.1, -0.05) is 12.1 Å². The summed E-state index contributed by atoms with van der Waals surface area (Å²) in [7, 11) is 0. The zero-order chi connectivity index (χ0) is 12.3. The van der Waals surface area contributed by atoms with E-state index in [1.54, 1.807) is 19.1 Å². The summed E-state index contributed by atoms with van der Waals surface area (Å²) in [4.78, 5) is 7.81. The molecule has 0 unspecified atom stereocenters. The molecule has 0 fully saturated rings. The van der Waals surface area contributed by atoms with Crippen LogP contribution in [-0.4, -0.2) is 9.97 Å². The van der Waals surface area contributed by atoms with Crippen LogP contribution >= 0.6 is 0 Å². The molecule has 1 heterocycles. The van der Waals surface area contributed by atoms with Gasteiger partial charge in [0.25, 0.3) is 0 Å². The van der Waals surface area contributed by atoms with E-state index in [1.807, 2.05) is 6.07 Å². The number of hydrogen-bond donors (Lipinski definition) is 1. The number of benzene rings is 1. The molecule has 0 aliphatic carbocycles. The van der Waals surface area contributed by atoms with Gasteiger partial charge in [-0.05, 0) is 18.6 Å². The molecule has 0 aliphatic rings. The van der Waals surface area contributed by atoms with E-state index in [2.05, 4.69) is 15.3 Å². The van der Waals surface area contributed by atoms with Crippen molar-refractivity contribution in [1.29, 1.82) is 5.26 Å². The van der Waals surface area contributed by atoms with E-state index in [4.69, 9.17) is 5.26 Å². The van der Waals surface area contributed by atoms with Crippen molar-refractivity contribution in [2.24, 2.45) is 0 Å². The molecule has 1 aromatic heterocycles. The van der Waals surface area contributed by atoms with Crippen LogP contribution in [0.1, 0.15) is 11.3 Å². The fraction of sp³-hybridized carbons (Fsp3) is 0.0833. The number of aryl methyl sites for hydroxylation is 1. The molecule has 0 radical (unpaired) electrons. The predicted molar refractivity (Wildman–Crippen MR) is 61.2 cm³/mol. The average molecular weight is 228 g/mol. The Balaban J connectivity index is 2.29. The molecular weight excluding hydrogens is 219 g/mol. The number of nitrogens with one attached hydrogen (secondary N) is 1. The van der Waals surface area contributed by atoms with E-state index in [1.165, 1.54) is 18.5 Å². The molecule has 4 nitrogen and oxygen atoms in total. The zero-order valence-electron chi connectivity index (χ0n) is 9.11. The van der Waals surface area contributed by atoms with Crippen molar-refractivity contribution in [2.45, 2.75) is 6.92 Å². The summed E-state index contributed by atoms with van der Waals surface area (Å²) < 4.78 is 13.5. The van der Waals surface area contributed by atoms with Crippen molar-refractivity contribution in [3.63, 3.8) is 0 Å². The van der Waals surface area contributed by atoms with Crippen LogP contribution in [0.15, 0.2) is 30.6 Å². The Labute approximate surface area is 97.8 Å². The maximum Gasteiger partial charge on any atom is 0.158 e. The molecule has 0 saturated carbocycles. The lowest BCUT2D eigenvalue weighted by molar-refractivity contribution is 0.630. The fourth-order valence-electron chi connectivity index (χ4n) is 1.37. The van der Waals surface area contributed by atoms with Crippen molar-refractivity contribution in [3.05, 3.63) is 47.7 Å². The Morgan fingerprint density at radius 2 is 2.12 bits per heavy atom. The first-order valence-corrected chi connectivity index (χ1v) is 4.95. The topological polar surface area (TPSA) is 61.6 Å². The monoisotopic (exact) mass is 228 g/mol. The van der Waals surface area contributed by atoms with E-state index >= 15 is 0 Å². The van der Waals surface area contributed by atoms with E-state index < -0.39 is 0 Å². The molecule has 5 heteroatoms. The van der Waals surface area contributed by atoms with E-state index in [-0.39, 0.29) is 11.5 Å². The third kappa shape index (κ3) is 2.37. The lowest BCUT2D eigenvalue weighted by Gasteiger charge is -2.08. The second-order valence-electron chi connectivity index (χ2n) is 3.46. The van der Waals surface area contributed by atoms with Crippen molar-refractivity contribution in [1.82, 2.24) is 9.97 Å². The van der Waals surface area contributed by atoms with Crippen LogP contribution < -0.4 is 5.32 Å². The fourth-order valence-corrected chi connectivity index (χ4v) is 1.37. The molecule has 0 aliphatic heterocycles. The first kappa shape index (κ1) is 11.0. The number of halogens is 1. The Bertz CT molecular complexity index is 552. The molecule has 1 N–H and O–H groups in total. The molecule has 0 amide bonds. The highest BCUT2D eigenvalue weighted by Gasteiger charge is 2.06. The van der Waals surface area contributed by atoms with Gasteiger partial charge in [-0.3, -0.25) is 0 Å². The molecule has 1 aromatic carbocycles. The van der Waals surface area contributed by atoms with Crippen molar-refractivity contribution in [3.8, 4) is 6.07 Å². The summed E-state index contributed by atoms with van der Waals surface area (Å²) in [5, 5.41) is 11.4. The number of aromatic nitrogens is 2. The van der Waals surface area contributed by atoms with Crippen LogP contribution in [0.25, 0.3) is 0 Å². The Morgan fingerprint density at radius 1 is 1.29 bits per heavy atom. The molecule has 0 spiro atoms. The smallest absolute Gasteiger partial charge is 0.158 e. The highest BCUT2D eigenvalue weighted by molar-refractivity contribution is 5.60. The van der Waals surface area contributed by atoms with Crippen molar-refractivity contribution in [2.75, 3.05) is 5.32 Å². The van der Waals surface area contributed by atoms with Crippen molar-refractivity contribution < 1.29 is 4.39 Å². The average Bonchev–Trinajstić information content (AvgIpc) is 2.35. The SMILES string of the molecule is Cc1cccc(F)c1Nc1cnc(C#N)cn1. The van der Waals surface area contributed by atoms with Crippen molar-refractivity contribution >= 4 is 11.5 Å². The molecule has 0 bridgehead atoms. The molecular formula is C12H9FN4. The first-order chi connectivity index (χ1) is 8.20. The van der Waals surface area contributed by atoms with Gasteiger partial charge in [-0.15, -0.1) is 0 Å². The van der Waals surface area contributed by atoms with Gasteiger partial charge < -0.3 is 5.32 Å². The van der Waals surface area contributed by atoms with Crippen LogP contribution in [0, 0.1) is 24.1 Å². The van der Waals surface area contributed by atoms with Crippen LogP contribution in [0.5, 0.6) is 0 Å². The summed E-state index contributed by atoms with van der Waals surface area (Å²) in [6.45, 7) is 1.79. The number of nitriles is 1. The van der Waals surface area contributed by atoms with E-state index in [0.29, 0.717) is 11.5 Å². The number of anilines is 2. The molecule has 0 saturated heterocycles. The minimum absolute atomic E-state index is 0.223. The van der Waals surface area contributed by atoms with Gasteiger partial charge in [0, 0.05) is 0 Å². The van der Waals surface area contributed by atoms with Crippen LogP contribution in [0.2, 0.25) is 0 Å². The lowest BCUT2D eigenvalue weighted by atomic mass is 10.2. The van der Waals surface area contributed by atoms with Gasteiger partial charge >= 0.3 is 0 Å². The molecule has 17 heavy (non-hydrogen) atoms. The number of nitrogens with zero attached hydrogens (tertiary/aromatic N) is 3. The van der Waals surface area contributed by atoms with E-state index in [0.717, 1.165) is 5.56 Å². The van der Waals surface area contributed by atoms with Gasteiger partial charge in [-0.25, -0.2) is 14.4 Å². The molecule has 2 rings (SSSR count). The summed E-state index contributed by atoms with van der Waals surface area (Å²) in [5.41, 5.74) is 1.36. The second-order valence-corrected chi connectivity index (χ2v) is 3.46. The standard InChI is InChI=1S/C12H9FN4/c1-8-3-2-4-10(13)12(8)17-11-7-15-9(5-14)6-16-11/h2-4,6-7H,1H3,(H,16,17). The maximum atomic E-state index is 13.5. The van der Waals surface area contributed by atoms with Gasteiger partial charge in [0.1, 0.15) is 17.7 Å². The van der Waals surface area contributed by atoms with Gasteiger partial charge in [0.05, 0.1) is 18.1 Å². The second kappa shape index (κ2) is 4.58. The molecule has 0 atom stereocenters. The third-order valence-electron chi connectivity index (χ3n) is 2.24. The number of rotatable bonds is 2. The minimum Gasteiger partial charge on any atom is -0.336 e. The van der Waals surface area contributed by atoms with Crippen LogP contribution in [0.4, 0.5) is 15.9 Å². The summed E-state index contributed by atoms with van der Waals surface area (Å²) >= 11 is 0. The quantitative estimate of drug-likeness (QED) is 0.857. The number of para-hydroxylation sites is 1. The maximum absolute atomic E-state index is 13.5. The lowest BCUT2D eigenvalue weighted by Crippen LogP contribution is -1.99. The number of hydrogen-bond acceptors (Lipinski definition) is 4. The minimum atomic E-state index is -0.351. The summed E-state index contributed by atoms with van der Waals surface area (Å²) in [5.74, 6) is 0.0494. The molecule has 2 aromatic rings.